The molecule has 1 aliphatic rings. The number of nitrogens with zero attached hydrogens (tertiary/aromatic N) is 4. The molecule has 1 amide bonds. The van der Waals surface area contributed by atoms with Gasteiger partial charge < -0.3 is 24.9 Å². The maximum Gasteiger partial charge on any atom is 0.268 e. The van der Waals surface area contributed by atoms with Crippen LogP contribution in [0.25, 0.3) is 0 Å². The van der Waals surface area contributed by atoms with Gasteiger partial charge in [0, 0.05) is 19.3 Å². The number of hydrogen-bond donors (Lipinski definition) is 2. The summed E-state index contributed by atoms with van der Waals surface area (Å²) in [7, 11) is 0. The topological polar surface area (TPSA) is 121 Å². The van der Waals surface area contributed by atoms with Crippen LogP contribution in [0.4, 0.5) is 0 Å². The van der Waals surface area contributed by atoms with Crippen LogP contribution in [-0.2, 0) is 16.1 Å². The Hall–Kier alpha value is -3.95. The van der Waals surface area contributed by atoms with Crippen molar-refractivity contribution in [3.05, 3.63) is 89.5 Å². The van der Waals surface area contributed by atoms with Gasteiger partial charge in [-0.2, -0.15) is 0 Å². The third-order valence-electron chi connectivity index (χ3n) is 6.58. The van der Waals surface area contributed by atoms with Crippen LogP contribution in [0, 0.1) is 5.41 Å². The highest BCUT2D eigenvalue weighted by atomic mass is 16.5. The van der Waals surface area contributed by atoms with Crippen molar-refractivity contribution >= 4 is 17.3 Å². The number of aliphatic hydroxyl groups is 1. The summed E-state index contributed by atoms with van der Waals surface area (Å²) in [5.41, 5.74) is 4.01. The third-order valence-corrected chi connectivity index (χ3v) is 6.58. The lowest BCUT2D eigenvalue weighted by Crippen LogP contribution is -2.47. The van der Waals surface area contributed by atoms with Crippen molar-refractivity contribution in [1.82, 2.24) is 14.9 Å². The number of aliphatic imine (C=N–C) groups is 1. The second kappa shape index (κ2) is 13.7. The second-order valence-corrected chi connectivity index (χ2v) is 9.59. The van der Waals surface area contributed by atoms with Crippen LogP contribution in [0.5, 0.6) is 5.75 Å². The van der Waals surface area contributed by atoms with Crippen LogP contribution in [0.1, 0.15) is 48.1 Å². The van der Waals surface area contributed by atoms with E-state index in [2.05, 4.69) is 53.1 Å². The third kappa shape index (κ3) is 7.34. The first-order valence-electron chi connectivity index (χ1n) is 13.2. The Bertz CT molecular complexity index is 1260. The van der Waals surface area contributed by atoms with E-state index in [1.54, 1.807) is 17.2 Å². The minimum Gasteiger partial charge on any atom is -0.489 e. The summed E-state index contributed by atoms with van der Waals surface area (Å²) in [4.78, 5) is 27.9. The predicted octanol–water partition coefficient (Wildman–Crippen LogP) is 3.62. The Morgan fingerprint density at radius 1 is 1.05 bits per heavy atom. The molecule has 0 saturated carbocycles. The van der Waals surface area contributed by atoms with Crippen LogP contribution in [0.3, 0.4) is 0 Å². The summed E-state index contributed by atoms with van der Waals surface area (Å²) < 4.78 is 11.4. The van der Waals surface area contributed by atoms with Crippen LogP contribution in [0.2, 0.25) is 0 Å². The Labute approximate surface area is 229 Å². The van der Waals surface area contributed by atoms with E-state index in [1.165, 1.54) is 11.9 Å². The molecule has 1 aromatic heterocycles. The SMILES string of the molecule is CC(C)c1ccc(COc2ccc(C(C(=N)c3ccncn3)C3=NCCN(CCOCCO)C3=O)cc2)cc1. The number of nitrogens with one attached hydrogen (secondary N) is 1. The van der Waals surface area contributed by atoms with E-state index in [0.717, 1.165) is 11.1 Å². The van der Waals surface area contributed by atoms with Crippen LogP contribution in [-0.4, -0.2) is 76.8 Å². The molecule has 0 radical (unpaired) electrons. The van der Waals surface area contributed by atoms with Crippen molar-refractivity contribution in [2.24, 2.45) is 4.99 Å². The highest BCUT2D eigenvalue weighted by Gasteiger charge is 2.34. The molecule has 1 aliphatic heterocycles. The van der Waals surface area contributed by atoms with Gasteiger partial charge in [-0.25, -0.2) is 9.97 Å². The van der Waals surface area contributed by atoms with Gasteiger partial charge in [0.15, 0.2) is 0 Å². The van der Waals surface area contributed by atoms with E-state index in [4.69, 9.17) is 20.0 Å². The minimum atomic E-state index is -0.703. The van der Waals surface area contributed by atoms with Crippen molar-refractivity contribution in [2.45, 2.75) is 32.3 Å². The second-order valence-electron chi connectivity index (χ2n) is 9.59. The summed E-state index contributed by atoms with van der Waals surface area (Å²) in [5, 5.41) is 17.9. The fourth-order valence-electron chi connectivity index (χ4n) is 4.37. The van der Waals surface area contributed by atoms with Crippen LogP contribution >= 0.6 is 0 Å². The quantitative estimate of drug-likeness (QED) is 0.258. The maximum atomic E-state index is 13.5. The molecule has 0 aliphatic carbocycles. The Morgan fingerprint density at radius 3 is 2.46 bits per heavy atom. The number of carbonyl (C=O) groups excluding carboxylic acids is 1. The molecule has 2 N–H and O–H groups in total. The first kappa shape index (κ1) is 28.1. The highest BCUT2D eigenvalue weighted by molar-refractivity contribution is 6.46. The van der Waals surface area contributed by atoms with E-state index < -0.39 is 5.92 Å². The van der Waals surface area contributed by atoms with Gasteiger partial charge in [0.25, 0.3) is 5.91 Å². The lowest BCUT2D eigenvalue weighted by atomic mass is 9.86. The number of carbonyl (C=O) groups is 1. The van der Waals surface area contributed by atoms with E-state index >= 15 is 0 Å². The normalized spacial score (nSPS) is 14.3. The fraction of sp³-hybridized carbons (Fsp3) is 0.367. The van der Waals surface area contributed by atoms with Crippen molar-refractivity contribution < 1.29 is 19.4 Å². The number of amides is 1. The molecule has 0 fully saturated rings. The van der Waals surface area contributed by atoms with Gasteiger partial charge in [-0.1, -0.05) is 50.2 Å². The molecule has 2 aromatic carbocycles. The molecular formula is C30H35N5O4. The number of hydrogen-bond acceptors (Lipinski definition) is 8. The van der Waals surface area contributed by atoms with Gasteiger partial charge in [0.05, 0.1) is 43.7 Å². The lowest BCUT2D eigenvalue weighted by Gasteiger charge is -2.30. The lowest BCUT2D eigenvalue weighted by molar-refractivity contribution is -0.125. The van der Waals surface area contributed by atoms with Crippen molar-refractivity contribution in [3.8, 4) is 5.75 Å². The average molecular weight is 530 g/mol. The van der Waals surface area contributed by atoms with E-state index in [1.807, 2.05) is 24.3 Å². The molecule has 4 rings (SSSR count). The van der Waals surface area contributed by atoms with Crippen LogP contribution < -0.4 is 4.74 Å². The van der Waals surface area contributed by atoms with Gasteiger partial charge >= 0.3 is 0 Å². The summed E-state index contributed by atoms with van der Waals surface area (Å²) in [6.45, 7) is 6.55. The minimum absolute atomic E-state index is 0.0665. The predicted molar refractivity (Wildman–Crippen MR) is 150 cm³/mol. The number of ether oxygens (including phenoxy) is 2. The zero-order valence-corrected chi connectivity index (χ0v) is 22.4. The molecule has 2 heterocycles. The molecule has 0 bridgehead atoms. The van der Waals surface area contributed by atoms with Crippen molar-refractivity contribution in [2.75, 3.05) is 39.5 Å². The summed E-state index contributed by atoms with van der Waals surface area (Å²) in [6, 6.07) is 17.5. The molecule has 3 aromatic rings. The average Bonchev–Trinajstić information content (AvgIpc) is 2.97. The van der Waals surface area contributed by atoms with Crippen LogP contribution in [0.15, 0.2) is 72.1 Å². The smallest absolute Gasteiger partial charge is 0.268 e. The van der Waals surface area contributed by atoms with Crippen molar-refractivity contribution in [1.29, 1.82) is 5.41 Å². The Balaban J connectivity index is 1.52. The largest absolute Gasteiger partial charge is 0.489 e. The number of aromatic nitrogens is 2. The van der Waals surface area contributed by atoms with E-state index in [-0.39, 0.29) is 24.8 Å². The monoisotopic (exact) mass is 529 g/mol. The molecule has 204 valence electrons. The van der Waals surface area contributed by atoms with Crippen molar-refractivity contribution in [3.63, 3.8) is 0 Å². The van der Waals surface area contributed by atoms with E-state index in [0.29, 0.717) is 55.9 Å². The van der Waals surface area contributed by atoms with Gasteiger partial charge in [0.2, 0.25) is 0 Å². The molecule has 0 spiro atoms. The standard InChI is InChI=1S/C30H35N5O4/c1-21(2)23-5-3-22(4-6-23)19-39-25-9-7-24(8-10-25)27(28(31)26-11-12-32-20-34-26)29-30(37)35(14-13-33-29)15-17-38-18-16-36/h3-12,20-21,27,31,36H,13-19H2,1-2H3. The molecule has 1 atom stereocenters. The highest BCUT2D eigenvalue weighted by Crippen LogP contribution is 2.27. The summed E-state index contributed by atoms with van der Waals surface area (Å²) in [5.74, 6) is 0.237. The van der Waals surface area contributed by atoms with Gasteiger partial charge in [-0.3, -0.25) is 9.79 Å². The molecule has 1 unspecified atom stereocenters. The van der Waals surface area contributed by atoms with Gasteiger partial charge in [-0.15, -0.1) is 0 Å². The first-order chi connectivity index (χ1) is 19.0. The Kier molecular flexibility index (Phi) is 9.88. The molecule has 9 nitrogen and oxygen atoms in total. The number of aliphatic hydroxyl groups excluding tert-OH is 1. The molecular weight excluding hydrogens is 494 g/mol. The van der Waals surface area contributed by atoms with Gasteiger partial charge in [-0.05, 0) is 40.8 Å². The Morgan fingerprint density at radius 2 is 1.79 bits per heavy atom. The molecule has 9 heteroatoms. The maximum absolute atomic E-state index is 13.5. The zero-order valence-electron chi connectivity index (χ0n) is 22.4. The fourth-order valence-corrected chi connectivity index (χ4v) is 4.37. The summed E-state index contributed by atoms with van der Waals surface area (Å²) in [6.07, 6.45) is 2.97. The molecule has 0 saturated heterocycles. The number of rotatable bonds is 13. The van der Waals surface area contributed by atoms with E-state index in [9.17, 15) is 4.79 Å². The summed E-state index contributed by atoms with van der Waals surface area (Å²) >= 11 is 0. The molecule has 39 heavy (non-hydrogen) atoms. The number of benzene rings is 2. The first-order valence-corrected chi connectivity index (χ1v) is 13.2. The zero-order chi connectivity index (χ0) is 27.6. The van der Waals surface area contributed by atoms with Gasteiger partial charge in [0.1, 0.15) is 24.4 Å².